The van der Waals surface area contributed by atoms with Crippen molar-refractivity contribution in [2.75, 3.05) is 5.73 Å². The van der Waals surface area contributed by atoms with Gasteiger partial charge in [0.2, 0.25) is 0 Å². The Morgan fingerprint density at radius 2 is 2.06 bits per heavy atom. The van der Waals surface area contributed by atoms with Gasteiger partial charge in [-0.2, -0.15) is 5.26 Å². The molecule has 0 unspecified atom stereocenters. The van der Waals surface area contributed by atoms with Gasteiger partial charge in [-0.25, -0.2) is 4.98 Å². The van der Waals surface area contributed by atoms with Crippen LogP contribution >= 0.6 is 11.8 Å². The number of rotatable bonds is 2. The van der Waals surface area contributed by atoms with Gasteiger partial charge in [0.25, 0.3) is 0 Å². The van der Waals surface area contributed by atoms with Gasteiger partial charge in [0, 0.05) is 11.1 Å². The third kappa shape index (κ3) is 2.63. The van der Waals surface area contributed by atoms with E-state index >= 15 is 0 Å². The van der Waals surface area contributed by atoms with Crippen LogP contribution in [0.25, 0.3) is 0 Å². The fraction of sp³-hybridized carbons (Fsp3) is 0.143. The molecule has 0 saturated heterocycles. The lowest BCUT2D eigenvalue weighted by Gasteiger charge is -2.08. The first-order chi connectivity index (χ1) is 8.60. The van der Waals surface area contributed by atoms with E-state index in [0.717, 1.165) is 9.92 Å². The monoisotopic (exact) mass is 255 g/mol. The highest BCUT2D eigenvalue weighted by atomic mass is 32.2. The third-order valence-corrected chi connectivity index (χ3v) is 3.75. The summed E-state index contributed by atoms with van der Waals surface area (Å²) >= 11 is 1.53. The molecule has 2 rings (SSSR count). The van der Waals surface area contributed by atoms with E-state index in [1.807, 2.05) is 6.07 Å². The number of nitrogens with two attached hydrogens (primary N) is 1. The second-order valence-electron chi connectivity index (χ2n) is 4.10. The van der Waals surface area contributed by atoms with E-state index in [-0.39, 0.29) is 0 Å². The third-order valence-electron chi connectivity index (χ3n) is 2.56. The van der Waals surface area contributed by atoms with E-state index in [1.165, 1.54) is 22.9 Å². The summed E-state index contributed by atoms with van der Waals surface area (Å²) in [4.78, 5) is 5.37. The highest BCUT2D eigenvalue weighted by Crippen LogP contribution is 2.33. The Labute approximate surface area is 111 Å². The Kier molecular flexibility index (Phi) is 3.54. The van der Waals surface area contributed by atoms with Gasteiger partial charge in [-0.15, -0.1) is 0 Å². The molecule has 3 nitrogen and oxygen atoms in total. The molecular formula is C14H13N3S. The number of aromatic nitrogens is 1. The van der Waals surface area contributed by atoms with Gasteiger partial charge in [-0.3, -0.25) is 0 Å². The summed E-state index contributed by atoms with van der Waals surface area (Å²) in [6.07, 6.45) is 1.55. The molecular weight excluding hydrogens is 242 g/mol. The van der Waals surface area contributed by atoms with Crippen LogP contribution in [-0.2, 0) is 0 Å². The Bertz CT molecular complexity index is 629. The fourth-order valence-corrected chi connectivity index (χ4v) is 2.50. The molecule has 1 aromatic heterocycles. The molecule has 1 heterocycles. The fourth-order valence-electron chi connectivity index (χ4n) is 1.54. The van der Waals surface area contributed by atoms with Crippen LogP contribution in [0.15, 0.2) is 40.4 Å². The van der Waals surface area contributed by atoms with Crippen LogP contribution in [0.2, 0.25) is 0 Å². The second kappa shape index (κ2) is 5.11. The molecule has 0 aliphatic heterocycles. The predicted octanol–water partition coefficient (Wildman–Crippen LogP) is 3.30. The first kappa shape index (κ1) is 12.5. The lowest BCUT2D eigenvalue weighted by Crippen LogP contribution is -1.93. The first-order valence-corrected chi connectivity index (χ1v) is 6.32. The number of nitrogens with zero attached hydrogens (tertiary/aromatic N) is 2. The summed E-state index contributed by atoms with van der Waals surface area (Å²) in [5.41, 5.74) is 9.32. The number of hydrogen-bond donors (Lipinski definition) is 1. The van der Waals surface area contributed by atoms with E-state index in [9.17, 15) is 0 Å². The molecule has 0 saturated carbocycles. The number of benzene rings is 1. The lowest BCUT2D eigenvalue weighted by atomic mass is 10.2. The summed E-state index contributed by atoms with van der Waals surface area (Å²) in [5, 5.41) is 9.51. The smallest absolute Gasteiger partial charge is 0.124 e. The van der Waals surface area contributed by atoms with E-state index in [2.05, 4.69) is 37.0 Å². The summed E-state index contributed by atoms with van der Waals surface area (Å²) in [6.45, 7) is 4.11. The second-order valence-corrected chi connectivity index (χ2v) is 5.13. The van der Waals surface area contributed by atoms with Crippen molar-refractivity contribution < 1.29 is 0 Å². The number of aryl methyl sites for hydroxylation is 2. The number of pyridine rings is 1. The highest BCUT2D eigenvalue weighted by Gasteiger charge is 2.07. The van der Waals surface area contributed by atoms with Crippen molar-refractivity contribution in [3.8, 4) is 6.07 Å². The Morgan fingerprint density at radius 3 is 2.72 bits per heavy atom. The van der Waals surface area contributed by atoms with Gasteiger partial charge in [-0.1, -0.05) is 23.9 Å². The van der Waals surface area contributed by atoms with Crippen molar-refractivity contribution in [3.63, 3.8) is 0 Å². The van der Waals surface area contributed by atoms with Crippen LogP contribution in [0, 0.1) is 25.2 Å². The minimum atomic E-state index is 0.484. The van der Waals surface area contributed by atoms with Gasteiger partial charge in [-0.05, 0) is 37.1 Å². The van der Waals surface area contributed by atoms with Crippen LogP contribution in [0.3, 0.4) is 0 Å². The predicted molar refractivity (Wildman–Crippen MR) is 73.4 cm³/mol. The molecule has 18 heavy (non-hydrogen) atoms. The molecule has 2 N–H and O–H groups in total. The SMILES string of the molecule is Cc1ccc(C)c(Sc2ncc(C#N)cc2N)c1. The average molecular weight is 255 g/mol. The maximum absolute atomic E-state index is 8.77. The average Bonchev–Trinajstić information content (AvgIpc) is 2.36. The molecule has 1 aromatic carbocycles. The van der Waals surface area contributed by atoms with Crippen molar-refractivity contribution >= 4 is 17.4 Å². The first-order valence-electron chi connectivity index (χ1n) is 5.51. The summed E-state index contributed by atoms with van der Waals surface area (Å²) < 4.78 is 0. The minimum absolute atomic E-state index is 0.484. The Morgan fingerprint density at radius 1 is 1.28 bits per heavy atom. The van der Waals surface area contributed by atoms with Crippen molar-refractivity contribution in [1.82, 2.24) is 4.98 Å². The normalized spacial score (nSPS) is 10.1. The van der Waals surface area contributed by atoms with E-state index in [1.54, 1.807) is 12.3 Å². The maximum atomic E-state index is 8.77. The number of nitrogen functional groups attached to an aromatic ring is 1. The molecule has 0 aliphatic rings. The summed E-state index contributed by atoms with van der Waals surface area (Å²) in [5.74, 6) is 0. The molecule has 0 fully saturated rings. The van der Waals surface area contributed by atoms with Crippen molar-refractivity contribution in [2.24, 2.45) is 0 Å². The maximum Gasteiger partial charge on any atom is 0.124 e. The van der Waals surface area contributed by atoms with Crippen LogP contribution < -0.4 is 5.73 Å². The van der Waals surface area contributed by atoms with E-state index in [4.69, 9.17) is 11.0 Å². The zero-order valence-electron chi connectivity index (χ0n) is 10.3. The van der Waals surface area contributed by atoms with Crippen molar-refractivity contribution in [3.05, 3.63) is 47.2 Å². The molecule has 0 amide bonds. The highest BCUT2D eigenvalue weighted by molar-refractivity contribution is 7.99. The minimum Gasteiger partial charge on any atom is -0.396 e. The number of hydrogen-bond acceptors (Lipinski definition) is 4. The van der Waals surface area contributed by atoms with E-state index < -0.39 is 0 Å². The van der Waals surface area contributed by atoms with Gasteiger partial charge in [0.1, 0.15) is 11.1 Å². The Balaban J connectivity index is 2.34. The Hall–Kier alpha value is -1.99. The quantitative estimate of drug-likeness (QED) is 0.894. The van der Waals surface area contributed by atoms with Crippen LogP contribution in [0.4, 0.5) is 5.69 Å². The van der Waals surface area contributed by atoms with Crippen LogP contribution in [0.1, 0.15) is 16.7 Å². The summed E-state index contributed by atoms with van der Waals surface area (Å²) in [6, 6.07) is 9.95. The van der Waals surface area contributed by atoms with Crippen molar-refractivity contribution in [1.29, 1.82) is 5.26 Å². The molecule has 0 atom stereocenters. The molecule has 2 aromatic rings. The molecule has 0 radical (unpaired) electrons. The molecule has 90 valence electrons. The summed E-state index contributed by atoms with van der Waals surface area (Å²) in [7, 11) is 0. The zero-order chi connectivity index (χ0) is 13.1. The zero-order valence-corrected chi connectivity index (χ0v) is 11.1. The molecule has 0 aliphatic carbocycles. The topological polar surface area (TPSA) is 62.7 Å². The molecule has 0 spiro atoms. The van der Waals surface area contributed by atoms with Gasteiger partial charge < -0.3 is 5.73 Å². The lowest BCUT2D eigenvalue weighted by molar-refractivity contribution is 1.12. The van der Waals surface area contributed by atoms with Gasteiger partial charge in [0.15, 0.2) is 0 Å². The largest absolute Gasteiger partial charge is 0.396 e. The van der Waals surface area contributed by atoms with Crippen LogP contribution in [-0.4, -0.2) is 4.98 Å². The molecule has 0 bridgehead atoms. The van der Waals surface area contributed by atoms with Gasteiger partial charge in [0.05, 0.1) is 11.3 Å². The molecule has 4 heteroatoms. The standard InChI is InChI=1S/C14H13N3S/c1-9-3-4-10(2)13(5-9)18-14-12(16)6-11(7-15)8-17-14/h3-6,8H,16H2,1-2H3. The van der Waals surface area contributed by atoms with Crippen molar-refractivity contribution in [2.45, 2.75) is 23.8 Å². The van der Waals surface area contributed by atoms with E-state index in [0.29, 0.717) is 11.3 Å². The van der Waals surface area contributed by atoms with Gasteiger partial charge >= 0.3 is 0 Å². The van der Waals surface area contributed by atoms with Crippen LogP contribution in [0.5, 0.6) is 0 Å². The number of nitriles is 1. The number of anilines is 1.